The molecule has 19 heavy (non-hydrogen) atoms. The van der Waals surface area contributed by atoms with Crippen LogP contribution in [0.1, 0.15) is 32.0 Å². The molecule has 1 heterocycles. The van der Waals surface area contributed by atoms with Crippen LogP contribution in [0.4, 0.5) is 0 Å². The van der Waals surface area contributed by atoms with E-state index in [4.69, 9.17) is 10.8 Å². The van der Waals surface area contributed by atoms with Crippen molar-refractivity contribution in [2.24, 2.45) is 5.73 Å². The van der Waals surface area contributed by atoms with Crippen LogP contribution in [0, 0.1) is 6.92 Å². The number of nitrogens with zero attached hydrogens (tertiary/aromatic N) is 1. The first-order valence-electron chi connectivity index (χ1n) is 5.77. The number of carbonyl (C=O) groups excluding carboxylic acids is 1. The first-order valence-corrected chi connectivity index (χ1v) is 5.77. The largest absolute Gasteiger partial charge is 0.478 e. The molecule has 0 aliphatic carbocycles. The summed E-state index contributed by atoms with van der Waals surface area (Å²) in [7, 11) is 0. The molecule has 0 aliphatic rings. The maximum atomic E-state index is 11.3. The Morgan fingerprint density at radius 1 is 1.21 bits per heavy atom. The SMILES string of the molecule is Cc1c(C(=O)O)ccn1Cc1ccccc1C(N)=O. The standard InChI is InChI=1S/C14H14N2O3/c1-9-11(14(18)19)6-7-16(9)8-10-4-2-3-5-12(10)13(15)17/h2-7H,8H2,1H3,(H2,15,17)(H,18,19). The minimum atomic E-state index is -0.959. The third kappa shape index (κ3) is 2.49. The number of carboxylic acids is 1. The molecule has 0 aliphatic heterocycles. The van der Waals surface area contributed by atoms with Crippen molar-refractivity contribution in [1.29, 1.82) is 0 Å². The van der Waals surface area contributed by atoms with Gasteiger partial charge in [-0.3, -0.25) is 4.79 Å². The number of benzene rings is 1. The lowest BCUT2D eigenvalue weighted by atomic mass is 10.1. The van der Waals surface area contributed by atoms with Gasteiger partial charge in [-0.2, -0.15) is 0 Å². The second kappa shape index (κ2) is 4.97. The van der Waals surface area contributed by atoms with E-state index in [9.17, 15) is 9.59 Å². The van der Waals surface area contributed by atoms with Crippen LogP contribution in [-0.2, 0) is 6.54 Å². The molecule has 0 radical (unpaired) electrons. The molecule has 1 aromatic heterocycles. The highest BCUT2D eigenvalue weighted by atomic mass is 16.4. The zero-order valence-electron chi connectivity index (χ0n) is 10.5. The monoisotopic (exact) mass is 258 g/mol. The second-order valence-corrected chi connectivity index (χ2v) is 4.27. The first-order chi connectivity index (χ1) is 9.00. The predicted octanol–water partition coefficient (Wildman–Crippen LogP) is 1.64. The molecule has 0 atom stereocenters. The zero-order chi connectivity index (χ0) is 14.0. The van der Waals surface area contributed by atoms with Crippen LogP contribution in [0.5, 0.6) is 0 Å². The summed E-state index contributed by atoms with van der Waals surface area (Å²) in [5, 5.41) is 9.00. The van der Waals surface area contributed by atoms with Crippen LogP contribution in [0.3, 0.4) is 0 Å². The predicted molar refractivity (Wildman–Crippen MR) is 70.2 cm³/mol. The minimum absolute atomic E-state index is 0.261. The van der Waals surface area contributed by atoms with Crippen molar-refractivity contribution >= 4 is 11.9 Å². The molecule has 3 N–H and O–H groups in total. The summed E-state index contributed by atoms with van der Waals surface area (Å²) in [6.07, 6.45) is 1.69. The summed E-state index contributed by atoms with van der Waals surface area (Å²) in [6, 6.07) is 8.58. The first kappa shape index (κ1) is 12.9. The van der Waals surface area contributed by atoms with Crippen LogP contribution in [0.2, 0.25) is 0 Å². The summed E-state index contributed by atoms with van der Waals surface area (Å²) in [5.74, 6) is -1.45. The maximum absolute atomic E-state index is 11.3. The van der Waals surface area contributed by atoms with Gasteiger partial charge in [0.05, 0.1) is 5.56 Å². The van der Waals surface area contributed by atoms with Crippen LogP contribution < -0.4 is 5.73 Å². The maximum Gasteiger partial charge on any atom is 0.337 e. The van der Waals surface area contributed by atoms with E-state index in [1.165, 1.54) is 0 Å². The Labute approximate surface area is 110 Å². The van der Waals surface area contributed by atoms with Gasteiger partial charge in [-0.05, 0) is 24.6 Å². The van der Waals surface area contributed by atoms with Gasteiger partial charge >= 0.3 is 5.97 Å². The molecule has 0 bridgehead atoms. The number of carboxylic acid groups (broad SMARTS) is 1. The van der Waals surface area contributed by atoms with Crippen LogP contribution >= 0.6 is 0 Å². The van der Waals surface area contributed by atoms with Crippen molar-refractivity contribution < 1.29 is 14.7 Å². The molecule has 1 aromatic carbocycles. The lowest BCUT2D eigenvalue weighted by molar-refractivity contribution is 0.0695. The van der Waals surface area contributed by atoms with E-state index < -0.39 is 11.9 Å². The molecule has 2 aromatic rings. The molecule has 5 nitrogen and oxygen atoms in total. The van der Waals surface area contributed by atoms with Gasteiger partial charge in [-0.1, -0.05) is 18.2 Å². The van der Waals surface area contributed by atoms with Gasteiger partial charge in [0, 0.05) is 24.0 Å². The van der Waals surface area contributed by atoms with Crippen molar-refractivity contribution in [1.82, 2.24) is 4.57 Å². The number of hydrogen-bond donors (Lipinski definition) is 2. The fourth-order valence-electron chi connectivity index (χ4n) is 2.03. The van der Waals surface area contributed by atoms with Crippen molar-refractivity contribution in [2.45, 2.75) is 13.5 Å². The van der Waals surface area contributed by atoms with E-state index in [0.29, 0.717) is 17.8 Å². The lowest BCUT2D eigenvalue weighted by Gasteiger charge is -2.10. The molecule has 0 spiro atoms. The fourth-order valence-corrected chi connectivity index (χ4v) is 2.03. The van der Waals surface area contributed by atoms with Crippen LogP contribution in [0.25, 0.3) is 0 Å². The summed E-state index contributed by atoms with van der Waals surface area (Å²) in [5.41, 5.74) is 7.44. The Morgan fingerprint density at radius 3 is 2.47 bits per heavy atom. The zero-order valence-corrected chi connectivity index (χ0v) is 10.5. The van der Waals surface area contributed by atoms with E-state index in [1.54, 1.807) is 42.0 Å². The summed E-state index contributed by atoms with van der Waals surface area (Å²) in [4.78, 5) is 22.3. The summed E-state index contributed by atoms with van der Waals surface area (Å²) < 4.78 is 1.78. The number of rotatable bonds is 4. The highest BCUT2D eigenvalue weighted by Crippen LogP contribution is 2.15. The topological polar surface area (TPSA) is 85.3 Å². The second-order valence-electron chi connectivity index (χ2n) is 4.27. The Bertz CT molecular complexity index is 644. The Kier molecular flexibility index (Phi) is 3.37. The van der Waals surface area contributed by atoms with Crippen molar-refractivity contribution in [3.05, 3.63) is 58.9 Å². The average Bonchev–Trinajstić information content (AvgIpc) is 2.71. The van der Waals surface area contributed by atoms with Gasteiger partial charge in [0.25, 0.3) is 0 Å². The Morgan fingerprint density at radius 2 is 1.89 bits per heavy atom. The minimum Gasteiger partial charge on any atom is -0.478 e. The average molecular weight is 258 g/mol. The molecule has 5 heteroatoms. The summed E-state index contributed by atoms with van der Waals surface area (Å²) >= 11 is 0. The molecular weight excluding hydrogens is 244 g/mol. The molecule has 0 fully saturated rings. The van der Waals surface area contributed by atoms with Gasteiger partial charge in [0.2, 0.25) is 5.91 Å². The highest BCUT2D eigenvalue weighted by Gasteiger charge is 2.13. The van der Waals surface area contributed by atoms with Gasteiger partial charge in [0.15, 0.2) is 0 Å². The number of hydrogen-bond acceptors (Lipinski definition) is 2. The molecule has 2 rings (SSSR count). The van der Waals surface area contributed by atoms with Gasteiger partial charge in [0.1, 0.15) is 0 Å². The van der Waals surface area contributed by atoms with Gasteiger partial charge in [-0.15, -0.1) is 0 Å². The van der Waals surface area contributed by atoms with E-state index in [2.05, 4.69) is 0 Å². The van der Waals surface area contributed by atoms with E-state index in [1.807, 2.05) is 6.07 Å². The third-order valence-electron chi connectivity index (χ3n) is 3.10. The van der Waals surface area contributed by atoms with Crippen LogP contribution in [0.15, 0.2) is 36.5 Å². The van der Waals surface area contributed by atoms with Crippen molar-refractivity contribution in [2.75, 3.05) is 0 Å². The number of primary amides is 1. The highest BCUT2D eigenvalue weighted by molar-refractivity contribution is 5.94. The van der Waals surface area contributed by atoms with Crippen molar-refractivity contribution in [3.63, 3.8) is 0 Å². The number of carbonyl (C=O) groups is 2. The molecule has 1 amide bonds. The number of aromatic carboxylic acids is 1. The quantitative estimate of drug-likeness (QED) is 0.874. The number of aromatic nitrogens is 1. The number of nitrogens with two attached hydrogens (primary N) is 1. The van der Waals surface area contributed by atoms with Gasteiger partial charge < -0.3 is 15.4 Å². The van der Waals surface area contributed by atoms with E-state index >= 15 is 0 Å². The van der Waals surface area contributed by atoms with Gasteiger partial charge in [-0.25, -0.2) is 4.79 Å². The Balaban J connectivity index is 2.37. The van der Waals surface area contributed by atoms with Crippen LogP contribution in [-0.4, -0.2) is 21.6 Å². The summed E-state index contributed by atoms with van der Waals surface area (Å²) in [6.45, 7) is 2.15. The molecular formula is C14H14N2O3. The smallest absolute Gasteiger partial charge is 0.337 e. The molecule has 0 unspecified atom stereocenters. The molecule has 0 saturated heterocycles. The van der Waals surface area contributed by atoms with E-state index in [-0.39, 0.29) is 5.56 Å². The van der Waals surface area contributed by atoms with Crippen molar-refractivity contribution in [3.8, 4) is 0 Å². The number of amides is 1. The molecule has 98 valence electrons. The Hall–Kier alpha value is -2.56. The van der Waals surface area contributed by atoms with E-state index in [0.717, 1.165) is 5.56 Å². The molecule has 0 saturated carbocycles. The normalized spacial score (nSPS) is 10.4. The fraction of sp³-hybridized carbons (Fsp3) is 0.143. The third-order valence-corrected chi connectivity index (χ3v) is 3.10. The lowest BCUT2D eigenvalue weighted by Crippen LogP contribution is -2.15.